The van der Waals surface area contributed by atoms with E-state index in [9.17, 15) is 5.26 Å². The van der Waals surface area contributed by atoms with Crippen LogP contribution in [0.1, 0.15) is 23.9 Å². The lowest BCUT2D eigenvalue weighted by Gasteiger charge is -2.27. The van der Waals surface area contributed by atoms with Crippen molar-refractivity contribution in [3.05, 3.63) is 47.3 Å². The third-order valence-electron chi connectivity index (χ3n) is 3.36. The zero-order valence-electron chi connectivity index (χ0n) is 12.5. The molecule has 4 nitrogen and oxygen atoms in total. The second kappa shape index (κ2) is 6.79. The Labute approximate surface area is 129 Å². The monoisotopic (exact) mass is 301 g/mol. The van der Waals surface area contributed by atoms with Crippen LogP contribution in [0.5, 0.6) is 0 Å². The van der Waals surface area contributed by atoms with Gasteiger partial charge in [-0.25, -0.2) is 4.98 Å². The van der Waals surface area contributed by atoms with Crippen molar-refractivity contribution in [2.75, 3.05) is 12.3 Å². The highest BCUT2D eigenvalue weighted by Crippen LogP contribution is 2.30. The molecule has 0 aliphatic heterocycles. The van der Waals surface area contributed by atoms with Gasteiger partial charge in [0.15, 0.2) is 0 Å². The molecule has 1 aromatic carbocycles. The van der Waals surface area contributed by atoms with Gasteiger partial charge in [-0.15, -0.1) is 0 Å². The minimum atomic E-state index is -0.739. The Morgan fingerprint density at radius 3 is 2.57 bits per heavy atom. The molecule has 0 amide bonds. The van der Waals surface area contributed by atoms with Crippen molar-refractivity contribution in [1.29, 1.82) is 5.26 Å². The van der Waals surface area contributed by atoms with E-state index in [-0.39, 0.29) is 0 Å². The molecular formula is C16H19N3OS. The summed E-state index contributed by atoms with van der Waals surface area (Å²) >= 11 is 1.46. The third-order valence-corrected chi connectivity index (χ3v) is 4.36. The number of hydrogen-bond donors (Lipinski definition) is 1. The summed E-state index contributed by atoms with van der Waals surface area (Å²) in [6.45, 7) is 6.53. The molecule has 1 heterocycles. The second-order valence-corrected chi connectivity index (χ2v) is 5.75. The highest BCUT2D eigenvalue weighted by molar-refractivity contribution is 7.99. The topological polar surface area (TPSA) is 61.9 Å². The van der Waals surface area contributed by atoms with E-state index in [1.165, 1.54) is 11.8 Å². The van der Waals surface area contributed by atoms with Gasteiger partial charge in [0.2, 0.25) is 0 Å². The van der Waals surface area contributed by atoms with Gasteiger partial charge in [-0.3, -0.25) is 5.32 Å². The standard InChI is InChI=1S/C16H19N3OS/c1-4-18-16(10-17,14-8-6-5-7-9-14)11-21-15-19-12(2)13(3)20-15/h5-9,18H,4,11H2,1-3H3. The second-order valence-electron chi connectivity index (χ2n) is 4.82. The molecule has 110 valence electrons. The third kappa shape index (κ3) is 3.46. The number of aryl methyl sites for hydroxylation is 2. The van der Waals surface area contributed by atoms with Gasteiger partial charge in [0, 0.05) is 5.75 Å². The van der Waals surface area contributed by atoms with E-state index in [1.54, 1.807) is 0 Å². The van der Waals surface area contributed by atoms with Gasteiger partial charge in [0.1, 0.15) is 11.3 Å². The Morgan fingerprint density at radius 2 is 2.05 bits per heavy atom. The number of nitrogens with zero attached hydrogens (tertiary/aromatic N) is 2. The highest BCUT2D eigenvalue weighted by atomic mass is 32.2. The summed E-state index contributed by atoms with van der Waals surface area (Å²) in [6, 6.07) is 12.2. The summed E-state index contributed by atoms with van der Waals surface area (Å²) in [5.41, 5.74) is 1.11. The van der Waals surface area contributed by atoms with Crippen molar-refractivity contribution in [2.24, 2.45) is 0 Å². The Bertz CT molecular complexity index is 613. The van der Waals surface area contributed by atoms with E-state index in [2.05, 4.69) is 16.4 Å². The zero-order chi connectivity index (χ0) is 15.3. The van der Waals surface area contributed by atoms with Crippen molar-refractivity contribution >= 4 is 11.8 Å². The average molecular weight is 301 g/mol. The molecule has 5 heteroatoms. The molecule has 0 aliphatic carbocycles. The van der Waals surface area contributed by atoms with Gasteiger partial charge in [0.05, 0.1) is 11.8 Å². The number of thioether (sulfide) groups is 1. The molecule has 1 N–H and O–H groups in total. The summed E-state index contributed by atoms with van der Waals surface area (Å²) < 4.78 is 5.58. The molecule has 1 atom stereocenters. The van der Waals surface area contributed by atoms with E-state index in [0.717, 1.165) is 17.0 Å². The molecule has 0 aliphatic rings. The van der Waals surface area contributed by atoms with E-state index in [0.29, 0.717) is 17.5 Å². The van der Waals surface area contributed by atoms with Crippen LogP contribution in [0.15, 0.2) is 40.0 Å². The van der Waals surface area contributed by atoms with Crippen LogP contribution in [-0.4, -0.2) is 17.3 Å². The van der Waals surface area contributed by atoms with Crippen LogP contribution in [0.2, 0.25) is 0 Å². The lowest BCUT2D eigenvalue weighted by atomic mass is 9.93. The maximum absolute atomic E-state index is 9.72. The first-order chi connectivity index (χ1) is 10.1. The molecular weight excluding hydrogens is 282 g/mol. The quantitative estimate of drug-likeness (QED) is 0.828. The van der Waals surface area contributed by atoms with Crippen molar-refractivity contribution in [3.63, 3.8) is 0 Å². The lowest BCUT2D eigenvalue weighted by Crippen LogP contribution is -2.43. The van der Waals surface area contributed by atoms with Crippen LogP contribution in [0.3, 0.4) is 0 Å². The molecule has 0 saturated heterocycles. The van der Waals surface area contributed by atoms with Gasteiger partial charge >= 0.3 is 0 Å². The zero-order valence-corrected chi connectivity index (χ0v) is 13.3. The fourth-order valence-corrected chi connectivity index (χ4v) is 3.13. The SMILES string of the molecule is CCNC(C#N)(CSc1nc(C)c(C)o1)c1ccccc1. The number of aromatic nitrogens is 1. The molecule has 21 heavy (non-hydrogen) atoms. The van der Waals surface area contributed by atoms with Gasteiger partial charge in [-0.2, -0.15) is 5.26 Å². The van der Waals surface area contributed by atoms with Crippen molar-refractivity contribution in [3.8, 4) is 6.07 Å². The Morgan fingerprint density at radius 1 is 1.33 bits per heavy atom. The molecule has 2 aromatic rings. The molecule has 1 unspecified atom stereocenters. The molecule has 1 aromatic heterocycles. The fraction of sp³-hybridized carbons (Fsp3) is 0.375. The van der Waals surface area contributed by atoms with Gasteiger partial charge < -0.3 is 4.42 Å². The maximum atomic E-state index is 9.72. The molecule has 2 rings (SSSR count). The van der Waals surface area contributed by atoms with Crippen molar-refractivity contribution in [2.45, 2.75) is 31.5 Å². The highest BCUT2D eigenvalue weighted by Gasteiger charge is 2.32. The largest absolute Gasteiger partial charge is 0.437 e. The molecule has 0 radical (unpaired) electrons. The minimum Gasteiger partial charge on any atom is -0.437 e. The first kappa shape index (κ1) is 15.6. The van der Waals surface area contributed by atoms with E-state index >= 15 is 0 Å². The summed E-state index contributed by atoms with van der Waals surface area (Å²) in [5.74, 6) is 1.36. The Hall–Kier alpha value is -1.77. The number of benzene rings is 1. The first-order valence-corrected chi connectivity index (χ1v) is 7.88. The van der Waals surface area contributed by atoms with E-state index in [1.807, 2.05) is 51.1 Å². The van der Waals surface area contributed by atoms with Gasteiger partial charge in [0.25, 0.3) is 5.22 Å². The summed E-state index contributed by atoms with van der Waals surface area (Å²) in [6.07, 6.45) is 0. The fourth-order valence-electron chi connectivity index (χ4n) is 2.07. The first-order valence-electron chi connectivity index (χ1n) is 6.90. The normalized spacial score (nSPS) is 13.6. The summed E-state index contributed by atoms with van der Waals surface area (Å²) in [7, 11) is 0. The van der Waals surface area contributed by atoms with Gasteiger partial charge in [-0.05, 0) is 26.0 Å². The van der Waals surface area contributed by atoms with Crippen molar-refractivity contribution in [1.82, 2.24) is 10.3 Å². The molecule has 0 fully saturated rings. The molecule has 0 spiro atoms. The summed E-state index contributed by atoms with van der Waals surface area (Å²) in [4.78, 5) is 4.36. The Kier molecular flexibility index (Phi) is 5.05. The van der Waals surface area contributed by atoms with E-state index < -0.39 is 5.54 Å². The lowest BCUT2D eigenvalue weighted by molar-refractivity contribution is 0.427. The van der Waals surface area contributed by atoms with Gasteiger partial charge in [-0.1, -0.05) is 49.0 Å². The van der Waals surface area contributed by atoms with Crippen LogP contribution < -0.4 is 5.32 Å². The predicted molar refractivity (Wildman–Crippen MR) is 84.1 cm³/mol. The average Bonchev–Trinajstić information content (AvgIpc) is 2.83. The number of nitriles is 1. The molecule has 0 bridgehead atoms. The van der Waals surface area contributed by atoms with Crippen LogP contribution in [0, 0.1) is 25.2 Å². The minimum absolute atomic E-state index is 0.542. The van der Waals surface area contributed by atoms with Crippen LogP contribution in [0.4, 0.5) is 0 Å². The van der Waals surface area contributed by atoms with Crippen LogP contribution >= 0.6 is 11.8 Å². The van der Waals surface area contributed by atoms with Crippen molar-refractivity contribution < 1.29 is 4.42 Å². The molecule has 0 saturated carbocycles. The number of hydrogen-bond acceptors (Lipinski definition) is 5. The van der Waals surface area contributed by atoms with Crippen LogP contribution in [0.25, 0.3) is 0 Å². The number of oxazole rings is 1. The number of rotatable bonds is 6. The van der Waals surface area contributed by atoms with Crippen LogP contribution in [-0.2, 0) is 5.54 Å². The maximum Gasteiger partial charge on any atom is 0.256 e. The smallest absolute Gasteiger partial charge is 0.256 e. The summed E-state index contributed by atoms with van der Waals surface area (Å²) in [5, 5.41) is 13.6. The number of nitrogens with one attached hydrogen (secondary N) is 1. The van der Waals surface area contributed by atoms with E-state index in [4.69, 9.17) is 4.42 Å². The predicted octanol–water partition coefficient (Wildman–Crippen LogP) is 3.41. The Balaban J connectivity index is 2.23.